The molecule has 6 N–H and O–H groups in total. The quantitative estimate of drug-likeness (QED) is 0.131. The second kappa shape index (κ2) is 15.3. The van der Waals surface area contributed by atoms with Crippen molar-refractivity contribution in [3.8, 4) is 0 Å². The second-order valence-electron chi connectivity index (χ2n) is 22.9. The first-order chi connectivity index (χ1) is 26.8. The van der Waals surface area contributed by atoms with E-state index in [0.29, 0.717) is 38.0 Å². The molecule has 8 aliphatic carbocycles. The lowest BCUT2D eigenvalue weighted by molar-refractivity contribution is -0.209. The average Bonchev–Trinajstić information content (AvgIpc) is 3.70. The summed E-state index contributed by atoms with van der Waals surface area (Å²) >= 11 is 0. The Labute approximate surface area is 342 Å². The van der Waals surface area contributed by atoms with Crippen LogP contribution in [0, 0.1) is 92.7 Å². The van der Waals surface area contributed by atoms with Gasteiger partial charge in [-0.3, -0.25) is 9.59 Å². The van der Waals surface area contributed by atoms with Crippen molar-refractivity contribution >= 4 is 11.9 Å². The summed E-state index contributed by atoms with van der Waals surface area (Å²) in [4.78, 5) is 24.9. The minimum atomic E-state index is -0.769. The Kier molecular flexibility index (Phi) is 11.4. The number of hydrogen-bond acceptors (Lipinski definition) is 8. The highest BCUT2D eigenvalue weighted by Crippen LogP contribution is 2.70. The summed E-state index contributed by atoms with van der Waals surface area (Å²) in [5, 5.41) is 67.3. The van der Waals surface area contributed by atoms with Crippen molar-refractivity contribution in [2.45, 2.75) is 194 Å². The van der Waals surface area contributed by atoms with Crippen LogP contribution in [0.5, 0.6) is 0 Å². The van der Waals surface area contributed by atoms with Gasteiger partial charge in [0.15, 0.2) is 0 Å². The number of esters is 1. The Balaban J connectivity index is 0.867. The molecule has 0 saturated heterocycles. The summed E-state index contributed by atoms with van der Waals surface area (Å²) in [5.41, 5.74) is -0.595. The molecule has 0 spiro atoms. The van der Waals surface area contributed by atoms with Crippen LogP contribution < -0.4 is 0 Å². The standard InChI is InChI=1S/C48H78O9/c1-25(7-13-41(54)55)31-9-11-34-44-36(24-40(53)47(31,34)5)46(4)18-16-30(20-28(46)22-38(44)51)57-42(56)14-8-26(2)32-10-12-33-43-35(23-39(52)48(32,33)6)45(3)17-15-29(49)19-27(45)21-37(43)50/h25-40,43-44,49-53H,7-24H2,1-6H3,(H,54,55)/t25-,26-,27+,28+,29-,30-,31-,32-,33?,34+,35?,36+,37-,38-,39+,40+,43?,44+,45+,46+,47-,48-/m1/s1. The molecule has 0 aromatic carbocycles. The molecule has 3 unspecified atom stereocenters. The summed E-state index contributed by atoms with van der Waals surface area (Å²) in [7, 11) is 0. The second-order valence-corrected chi connectivity index (χ2v) is 22.9. The van der Waals surface area contributed by atoms with E-state index in [9.17, 15) is 40.2 Å². The van der Waals surface area contributed by atoms with E-state index in [1.807, 2.05) is 0 Å². The van der Waals surface area contributed by atoms with Gasteiger partial charge in [0.25, 0.3) is 0 Å². The third kappa shape index (κ3) is 6.70. The van der Waals surface area contributed by atoms with Crippen molar-refractivity contribution in [3.05, 3.63) is 0 Å². The summed E-state index contributed by atoms with van der Waals surface area (Å²) in [6.07, 6.45) is 11.5. The van der Waals surface area contributed by atoms with Gasteiger partial charge in [-0.1, -0.05) is 41.5 Å². The molecule has 0 bridgehead atoms. The van der Waals surface area contributed by atoms with Crippen LogP contribution in [0.15, 0.2) is 0 Å². The van der Waals surface area contributed by atoms with Crippen molar-refractivity contribution < 1.29 is 45.0 Å². The van der Waals surface area contributed by atoms with Crippen LogP contribution in [0.3, 0.4) is 0 Å². The summed E-state index contributed by atoms with van der Waals surface area (Å²) < 4.78 is 6.25. The monoisotopic (exact) mass is 799 g/mol. The molecule has 0 radical (unpaired) electrons. The Morgan fingerprint density at radius 1 is 0.596 bits per heavy atom. The van der Waals surface area contributed by atoms with Gasteiger partial charge < -0.3 is 35.4 Å². The number of aliphatic hydroxyl groups excluding tert-OH is 5. The molecule has 22 atom stereocenters. The zero-order valence-electron chi connectivity index (χ0n) is 36.0. The Morgan fingerprint density at radius 2 is 1.07 bits per heavy atom. The number of carboxylic acid groups (broad SMARTS) is 1. The molecule has 9 heteroatoms. The van der Waals surface area contributed by atoms with Gasteiger partial charge in [-0.15, -0.1) is 0 Å². The number of fused-ring (bicyclic) bond motifs is 10. The lowest BCUT2D eigenvalue weighted by Gasteiger charge is -2.63. The highest BCUT2D eigenvalue weighted by Gasteiger charge is 2.67. The highest BCUT2D eigenvalue weighted by atomic mass is 16.5. The molecular formula is C48H78O9. The first-order valence-corrected chi connectivity index (χ1v) is 23.6. The molecule has 57 heavy (non-hydrogen) atoms. The zero-order valence-corrected chi connectivity index (χ0v) is 36.0. The fourth-order valence-electron chi connectivity index (χ4n) is 17.7. The molecule has 0 aromatic heterocycles. The van der Waals surface area contributed by atoms with E-state index >= 15 is 0 Å². The molecule has 0 amide bonds. The van der Waals surface area contributed by atoms with Crippen molar-refractivity contribution in [3.63, 3.8) is 0 Å². The predicted octanol–water partition coefficient (Wildman–Crippen LogP) is 7.38. The number of carbonyl (C=O) groups excluding carboxylic acids is 1. The first-order valence-electron chi connectivity index (χ1n) is 23.6. The van der Waals surface area contributed by atoms with E-state index in [-0.39, 0.29) is 111 Å². The third-order valence-electron chi connectivity index (χ3n) is 20.9. The normalized spacial score (nSPS) is 53.9. The van der Waals surface area contributed by atoms with Crippen LogP contribution in [0.4, 0.5) is 0 Å². The SMILES string of the molecule is C[C@H](CCC(=O)O[C@@H]1CC[C@@]2(C)[C@@H](C1)C[C@@H](O)[C@@H]1[C@@H]2C[C@H](O)[C@]2(C)[C@@H]([C@H](C)CCC(=O)O)CC[C@@H]12)[C@H]1CCC2C3C(C[C@H](O)[C@@]21C)[C@@]1(C)CC[C@@H](O)C[C@H]1C[C@H]3O. The van der Waals surface area contributed by atoms with Gasteiger partial charge in [0.05, 0.1) is 30.5 Å². The number of carboxylic acids is 1. The molecule has 0 aromatic rings. The zero-order chi connectivity index (χ0) is 41.0. The summed E-state index contributed by atoms with van der Waals surface area (Å²) in [6, 6.07) is 0. The van der Waals surface area contributed by atoms with Gasteiger partial charge in [0.1, 0.15) is 6.10 Å². The molecule has 8 saturated carbocycles. The number of ether oxygens (including phenoxy) is 1. The van der Waals surface area contributed by atoms with Crippen molar-refractivity contribution in [2.75, 3.05) is 0 Å². The van der Waals surface area contributed by atoms with Crippen LogP contribution in [0.2, 0.25) is 0 Å². The van der Waals surface area contributed by atoms with Gasteiger partial charge >= 0.3 is 11.9 Å². The Bertz CT molecular complexity index is 1500. The number of aliphatic hydroxyl groups is 5. The largest absolute Gasteiger partial charge is 0.481 e. The van der Waals surface area contributed by atoms with Gasteiger partial charge in [0, 0.05) is 12.8 Å². The van der Waals surface area contributed by atoms with E-state index in [4.69, 9.17) is 4.74 Å². The smallest absolute Gasteiger partial charge is 0.306 e. The van der Waals surface area contributed by atoms with Crippen molar-refractivity contribution in [1.82, 2.24) is 0 Å². The van der Waals surface area contributed by atoms with Gasteiger partial charge in [0.2, 0.25) is 0 Å². The predicted molar refractivity (Wildman–Crippen MR) is 216 cm³/mol. The number of carbonyl (C=O) groups is 2. The van der Waals surface area contributed by atoms with E-state index < -0.39 is 30.4 Å². The van der Waals surface area contributed by atoms with E-state index in [0.717, 1.165) is 77.0 Å². The topological polar surface area (TPSA) is 165 Å². The van der Waals surface area contributed by atoms with Gasteiger partial charge in [-0.05, 0) is 195 Å². The molecule has 8 rings (SSSR count). The lowest BCUT2D eigenvalue weighted by Crippen LogP contribution is -2.62. The van der Waals surface area contributed by atoms with Crippen molar-refractivity contribution in [1.29, 1.82) is 0 Å². The fourth-order valence-corrected chi connectivity index (χ4v) is 17.7. The highest BCUT2D eigenvalue weighted by molar-refractivity contribution is 5.69. The minimum absolute atomic E-state index is 0.0343. The number of rotatable bonds is 9. The Hall–Kier alpha value is -1.26. The van der Waals surface area contributed by atoms with Crippen LogP contribution in [-0.2, 0) is 14.3 Å². The minimum Gasteiger partial charge on any atom is -0.481 e. The average molecular weight is 799 g/mol. The molecule has 0 aliphatic heterocycles. The van der Waals surface area contributed by atoms with E-state index in [1.54, 1.807) is 0 Å². The number of aliphatic carboxylic acids is 1. The molecule has 324 valence electrons. The van der Waals surface area contributed by atoms with E-state index in [2.05, 4.69) is 41.5 Å². The first kappa shape index (κ1) is 42.4. The lowest BCUT2D eigenvalue weighted by atomic mass is 9.43. The molecule has 8 fully saturated rings. The van der Waals surface area contributed by atoms with Crippen molar-refractivity contribution in [2.24, 2.45) is 92.7 Å². The summed E-state index contributed by atoms with van der Waals surface area (Å²) in [6.45, 7) is 13.7. The van der Waals surface area contributed by atoms with Gasteiger partial charge in [-0.2, -0.15) is 0 Å². The van der Waals surface area contributed by atoms with Crippen LogP contribution in [0.25, 0.3) is 0 Å². The van der Waals surface area contributed by atoms with Crippen LogP contribution in [0.1, 0.15) is 157 Å². The molecule has 8 aliphatic rings. The number of hydrogen-bond donors (Lipinski definition) is 6. The molecule has 9 nitrogen and oxygen atoms in total. The maximum atomic E-state index is 13.5. The maximum Gasteiger partial charge on any atom is 0.306 e. The van der Waals surface area contributed by atoms with E-state index in [1.165, 1.54) is 0 Å². The summed E-state index contributed by atoms with van der Waals surface area (Å²) in [5.74, 6) is 1.86. The molecule has 0 heterocycles. The van der Waals surface area contributed by atoms with Crippen LogP contribution in [-0.4, -0.2) is 79.2 Å². The third-order valence-corrected chi connectivity index (χ3v) is 20.9. The fraction of sp³-hybridized carbons (Fsp3) is 0.958. The Morgan fingerprint density at radius 3 is 1.58 bits per heavy atom. The maximum absolute atomic E-state index is 13.5. The van der Waals surface area contributed by atoms with Gasteiger partial charge in [-0.25, -0.2) is 0 Å². The van der Waals surface area contributed by atoms with Crippen LogP contribution >= 0.6 is 0 Å². The molecular weight excluding hydrogens is 721 g/mol.